The van der Waals surface area contributed by atoms with Gasteiger partial charge in [0.1, 0.15) is 5.58 Å². The zero-order chi connectivity index (χ0) is 11.7. The van der Waals surface area contributed by atoms with E-state index in [-0.39, 0.29) is 0 Å². The maximum absolute atomic E-state index is 5.57. The number of benzene rings is 1. The molecule has 0 bridgehead atoms. The predicted molar refractivity (Wildman–Crippen MR) is 70.2 cm³/mol. The minimum atomic E-state index is 0.838. The summed E-state index contributed by atoms with van der Waals surface area (Å²) in [6.45, 7) is 4.44. The number of hydrogen-bond donors (Lipinski definition) is 1. The molecule has 0 aliphatic carbocycles. The quantitative estimate of drug-likeness (QED) is 0.855. The van der Waals surface area contributed by atoms with Gasteiger partial charge in [-0.15, -0.1) is 0 Å². The van der Waals surface area contributed by atoms with Crippen LogP contribution in [0, 0.1) is 12.8 Å². The van der Waals surface area contributed by atoms with Crippen molar-refractivity contribution in [2.24, 2.45) is 5.92 Å². The Bertz CT molecular complexity index is 509. The van der Waals surface area contributed by atoms with E-state index in [4.69, 9.17) is 4.42 Å². The van der Waals surface area contributed by atoms with Gasteiger partial charge >= 0.3 is 0 Å². The van der Waals surface area contributed by atoms with Gasteiger partial charge in [0.25, 0.3) is 0 Å². The highest BCUT2D eigenvalue weighted by atomic mass is 16.3. The average molecular weight is 229 g/mol. The highest BCUT2D eigenvalue weighted by molar-refractivity contribution is 5.81. The SMILES string of the molecule is Cc1coc2cc(CC3CCNCC3)ccc12. The number of aryl methyl sites for hydroxylation is 1. The van der Waals surface area contributed by atoms with Crippen molar-refractivity contribution in [1.82, 2.24) is 5.32 Å². The molecule has 0 radical (unpaired) electrons. The molecular weight excluding hydrogens is 210 g/mol. The van der Waals surface area contributed by atoms with Crippen molar-refractivity contribution < 1.29 is 4.42 Å². The van der Waals surface area contributed by atoms with E-state index in [0.717, 1.165) is 11.5 Å². The molecule has 2 heteroatoms. The minimum Gasteiger partial charge on any atom is -0.464 e. The van der Waals surface area contributed by atoms with E-state index in [9.17, 15) is 0 Å². The first-order valence-corrected chi connectivity index (χ1v) is 6.50. The minimum absolute atomic E-state index is 0.838. The highest BCUT2D eigenvalue weighted by Crippen LogP contribution is 2.24. The maximum atomic E-state index is 5.57. The zero-order valence-corrected chi connectivity index (χ0v) is 10.3. The van der Waals surface area contributed by atoms with Crippen molar-refractivity contribution in [3.05, 3.63) is 35.6 Å². The molecule has 0 amide bonds. The van der Waals surface area contributed by atoms with Crippen LogP contribution in [0.4, 0.5) is 0 Å². The predicted octanol–water partition coefficient (Wildman–Crippen LogP) is 3.28. The van der Waals surface area contributed by atoms with Crippen molar-refractivity contribution in [1.29, 1.82) is 0 Å². The topological polar surface area (TPSA) is 25.2 Å². The Kier molecular flexibility index (Phi) is 2.89. The number of rotatable bonds is 2. The smallest absolute Gasteiger partial charge is 0.134 e. The Labute approximate surface area is 102 Å². The first-order valence-electron chi connectivity index (χ1n) is 6.50. The third-order valence-corrected chi connectivity index (χ3v) is 3.82. The number of nitrogens with one attached hydrogen (secondary N) is 1. The number of piperidine rings is 1. The van der Waals surface area contributed by atoms with Gasteiger partial charge in [0.05, 0.1) is 6.26 Å². The summed E-state index contributed by atoms with van der Waals surface area (Å²) < 4.78 is 5.57. The van der Waals surface area contributed by atoms with Crippen molar-refractivity contribution in [3.63, 3.8) is 0 Å². The van der Waals surface area contributed by atoms with Crippen LogP contribution in [0.25, 0.3) is 11.0 Å². The van der Waals surface area contributed by atoms with E-state index in [1.165, 1.54) is 48.9 Å². The standard InChI is InChI=1S/C15H19NO/c1-11-10-17-15-9-13(2-3-14(11)15)8-12-4-6-16-7-5-12/h2-3,9-10,12,16H,4-8H2,1H3. The number of furan rings is 1. The van der Waals surface area contributed by atoms with E-state index >= 15 is 0 Å². The van der Waals surface area contributed by atoms with Crippen LogP contribution in [0.1, 0.15) is 24.0 Å². The van der Waals surface area contributed by atoms with Gasteiger partial charge in [-0.25, -0.2) is 0 Å². The molecule has 1 aromatic heterocycles. The van der Waals surface area contributed by atoms with Gasteiger partial charge in [-0.05, 0) is 62.4 Å². The van der Waals surface area contributed by atoms with Crippen LogP contribution in [-0.2, 0) is 6.42 Å². The third-order valence-electron chi connectivity index (χ3n) is 3.82. The third kappa shape index (κ3) is 2.22. The molecule has 2 aromatic rings. The molecule has 0 saturated carbocycles. The van der Waals surface area contributed by atoms with Crippen LogP contribution in [0.3, 0.4) is 0 Å². The van der Waals surface area contributed by atoms with Crippen molar-refractivity contribution >= 4 is 11.0 Å². The van der Waals surface area contributed by atoms with Crippen LogP contribution >= 0.6 is 0 Å². The van der Waals surface area contributed by atoms with Gasteiger partial charge < -0.3 is 9.73 Å². The zero-order valence-electron chi connectivity index (χ0n) is 10.3. The fraction of sp³-hybridized carbons (Fsp3) is 0.467. The van der Waals surface area contributed by atoms with E-state index in [2.05, 4.69) is 30.4 Å². The number of hydrogen-bond acceptors (Lipinski definition) is 2. The summed E-state index contributed by atoms with van der Waals surface area (Å²) in [6.07, 6.45) is 5.64. The van der Waals surface area contributed by atoms with Crippen LogP contribution in [-0.4, -0.2) is 13.1 Å². The molecule has 0 spiro atoms. The van der Waals surface area contributed by atoms with Gasteiger partial charge in [0.15, 0.2) is 0 Å². The molecule has 0 atom stereocenters. The Hall–Kier alpha value is -1.28. The summed E-state index contributed by atoms with van der Waals surface area (Å²) >= 11 is 0. The van der Waals surface area contributed by atoms with Gasteiger partial charge in [-0.3, -0.25) is 0 Å². The summed E-state index contributed by atoms with van der Waals surface area (Å²) in [6, 6.07) is 6.67. The second-order valence-corrected chi connectivity index (χ2v) is 5.15. The van der Waals surface area contributed by atoms with Gasteiger partial charge in [0.2, 0.25) is 0 Å². The Balaban J connectivity index is 1.80. The van der Waals surface area contributed by atoms with Gasteiger partial charge in [0, 0.05) is 5.39 Å². The lowest BCUT2D eigenvalue weighted by molar-refractivity contribution is 0.372. The number of fused-ring (bicyclic) bond motifs is 1. The lowest BCUT2D eigenvalue weighted by Crippen LogP contribution is -2.28. The van der Waals surface area contributed by atoms with E-state index in [1.54, 1.807) is 0 Å². The van der Waals surface area contributed by atoms with Crippen molar-refractivity contribution in [2.75, 3.05) is 13.1 Å². The lowest BCUT2D eigenvalue weighted by atomic mass is 9.91. The van der Waals surface area contributed by atoms with Gasteiger partial charge in [-0.1, -0.05) is 12.1 Å². The molecule has 1 aliphatic heterocycles. The molecule has 2 nitrogen and oxygen atoms in total. The Morgan fingerprint density at radius 1 is 1.29 bits per heavy atom. The maximum Gasteiger partial charge on any atom is 0.134 e. The van der Waals surface area contributed by atoms with E-state index in [1.807, 2.05) is 6.26 Å². The molecule has 1 N–H and O–H groups in total. The summed E-state index contributed by atoms with van der Waals surface area (Å²) in [5, 5.41) is 4.66. The summed E-state index contributed by atoms with van der Waals surface area (Å²) in [7, 11) is 0. The molecule has 1 saturated heterocycles. The lowest BCUT2D eigenvalue weighted by Gasteiger charge is -2.22. The normalized spacial score (nSPS) is 17.7. The van der Waals surface area contributed by atoms with E-state index in [0.29, 0.717) is 0 Å². The fourth-order valence-corrected chi connectivity index (χ4v) is 2.75. The molecular formula is C15H19NO. The molecule has 2 heterocycles. The molecule has 1 fully saturated rings. The van der Waals surface area contributed by atoms with Crippen LogP contribution in [0.2, 0.25) is 0 Å². The second-order valence-electron chi connectivity index (χ2n) is 5.15. The first kappa shape index (κ1) is 10.8. The van der Waals surface area contributed by atoms with Gasteiger partial charge in [-0.2, -0.15) is 0 Å². The summed E-state index contributed by atoms with van der Waals surface area (Å²) in [5.41, 5.74) is 3.68. The molecule has 90 valence electrons. The molecule has 1 aliphatic rings. The van der Waals surface area contributed by atoms with Crippen molar-refractivity contribution in [2.45, 2.75) is 26.2 Å². The second kappa shape index (κ2) is 4.53. The first-order chi connectivity index (χ1) is 8.33. The largest absolute Gasteiger partial charge is 0.464 e. The van der Waals surface area contributed by atoms with Crippen LogP contribution in [0.15, 0.2) is 28.9 Å². The molecule has 3 rings (SSSR count). The molecule has 0 unspecified atom stereocenters. The van der Waals surface area contributed by atoms with Crippen molar-refractivity contribution in [3.8, 4) is 0 Å². The van der Waals surface area contributed by atoms with E-state index < -0.39 is 0 Å². The summed E-state index contributed by atoms with van der Waals surface area (Å²) in [4.78, 5) is 0. The highest BCUT2D eigenvalue weighted by Gasteiger charge is 2.14. The monoisotopic (exact) mass is 229 g/mol. The molecule has 17 heavy (non-hydrogen) atoms. The van der Waals surface area contributed by atoms with Crippen LogP contribution in [0.5, 0.6) is 0 Å². The Morgan fingerprint density at radius 3 is 2.94 bits per heavy atom. The summed E-state index contributed by atoms with van der Waals surface area (Å²) in [5.74, 6) is 0.838. The fourth-order valence-electron chi connectivity index (χ4n) is 2.75. The average Bonchev–Trinajstić information content (AvgIpc) is 2.72. The molecule has 1 aromatic carbocycles. The Morgan fingerprint density at radius 2 is 2.12 bits per heavy atom. The van der Waals surface area contributed by atoms with Crippen LogP contribution < -0.4 is 5.32 Å².